The van der Waals surface area contributed by atoms with Gasteiger partial charge in [0.1, 0.15) is 6.04 Å². The van der Waals surface area contributed by atoms with Crippen LogP contribution in [0.5, 0.6) is 0 Å². The molecule has 2 aromatic heterocycles. The molecule has 1 atom stereocenters. The van der Waals surface area contributed by atoms with Crippen molar-refractivity contribution in [2.24, 2.45) is 7.05 Å². The summed E-state index contributed by atoms with van der Waals surface area (Å²) in [5.41, 5.74) is 0.831. The summed E-state index contributed by atoms with van der Waals surface area (Å²) in [5, 5.41) is 25.8. The molecule has 3 aromatic rings. The van der Waals surface area contributed by atoms with Gasteiger partial charge in [-0.3, -0.25) is 10.1 Å². The summed E-state index contributed by atoms with van der Waals surface area (Å²) >= 11 is 0. The molecule has 10 nitrogen and oxygen atoms in total. The van der Waals surface area contributed by atoms with Gasteiger partial charge in [0.05, 0.1) is 7.05 Å². The molecule has 0 bridgehead atoms. The second kappa shape index (κ2) is 5.68. The molecule has 0 spiro atoms. The highest BCUT2D eigenvalue weighted by Gasteiger charge is 2.20. The first-order valence-electron chi connectivity index (χ1n) is 6.53. The van der Waals surface area contributed by atoms with E-state index in [9.17, 15) is 4.79 Å². The van der Waals surface area contributed by atoms with Crippen LogP contribution in [0, 0.1) is 0 Å². The van der Waals surface area contributed by atoms with E-state index in [4.69, 9.17) is 0 Å². The minimum Gasteiger partial charge on any atom is -0.290 e. The molecule has 1 amide bonds. The maximum atomic E-state index is 12.1. The highest BCUT2D eigenvalue weighted by atomic mass is 16.2. The van der Waals surface area contributed by atoms with Crippen molar-refractivity contribution in [1.29, 1.82) is 0 Å². The van der Waals surface area contributed by atoms with E-state index >= 15 is 0 Å². The molecule has 0 aliphatic rings. The zero-order valence-corrected chi connectivity index (χ0v) is 12.0. The molecular formula is C12H13N9O. The normalized spacial score (nSPS) is 12.1. The van der Waals surface area contributed by atoms with E-state index in [2.05, 4.69) is 36.1 Å². The maximum absolute atomic E-state index is 12.1. The molecule has 0 saturated heterocycles. The van der Waals surface area contributed by atoms with E-state index < -0.39 is 6.04 Å². The minimum absolute atomic E-state index is 0.128. The molecule has 112 valence electrons. The number of aryl methyl sites for hydroxylation is 1. The summed E-state index contributed by atoms with van der Waals surface area (Å²) in [4.78, 5) is 14.6. The van der Waals surface area contributed by atoms with Crippen LogP contribution in [0.3, 0.4) is 0 Å². The van der Waals surface area contributed by atoms with Gasteiger partial charge in [-0.25, -0.2) is 0 Å². The SMILES string of the molecule is CC(C(=O)Nc1nnn(C)n1)n1nnc(-c2ccccc2)n1. The zero-order chi connectivity index (χ0) is 15.5. The van der Waals surface area contributed by atoms with E-state index in [-0.39, 0.29) is 11.9 Å². The van der Waals surface area contributed by atoms with E-state index in [0.717, 1.165) is 5.56 Å². The summed E-state index contributed by atoms with van der Waals surface area (Å²) < 4.78 is 0. The third-order valence-corrected chi connectivity index (χ3v) is 2.93. The van der Waals surface area contributed by atoms with Crippen molar-refractivity contribution in [3.63, 3.8) is 0 Å². The van der Waals surface area contributed by atoms with Gasteiger partial charge in [-0.1, -0.05) is 35.4 Å². The lowest BCUT2D eigenvalue weighted by Gasteiger charge is -2.07. The molecule has 0 aliphatic carbocycles. The number of rotatable bonds is 4. The van der Waals surface area contributed by atoms with Gasteiger partial charge in [0.2, 0.25) is 5.82 Å². The molecule has 2 heterocycles. The number of hydrogen-bond acceptors (Lipinski definition) is 7. The standard InChI is InChI=1S/C12H13N9O/c1-8(11(22)13-12-15-18-20(2)17-12)21-16-10(14-19-21)9-6-4-3-5-7-9/h3-8H,1-2H3,(H,13,17,22). The van der Waals surface area contributed by atoms with Crippen LogP contribution in [0.1, 0.15) is 13.0 Å². The van der Waals surface area contributed by atoms with Gasteiger partial charge in [-0.2, -0.15) is 9.59 Å². The Labute approximate surface area is 125 Å². The topological polar surface area (TPSA) is 116 Å². The lowest BCUT2D eigenvalue weighted by atomic mass is 10.2. The molecule has 22 heavy (non-hydrogen) atoms. The molecule has 0 radical (unpaired) electrons. The Morgan fingerprint density at radius 1 is 1.14 bits per heavy atom. The summed E-state index contributed by atoms with van der Waals surface area (Å²) in [6.45, 7) is 1.65. The van der Waals surface area contributed by atoms with Crippen LogP contribution < -0.4 is 5.32 Å². The van der Waals surface area contributed by atoms with Crippen LogP contribution in [0.25, 0.3) is 11.4 Å². The maximum Gasteiger partial charge on any atom is 0.270 e. The number of aromatic nitrogens is 8. The van der Waals surface area contributed by atoms with Crippen molar-refractivity contribution in [1.82, 2.24) is 40.4 Å². The van der Waals surface area contributed by atoms with Crippen LogP contribution in [-0.4, -0.2) is 46.3 Å². The van der Waals surface area contributed by atoms with Gasteiger partial charge in [0.25, 0.3) is 11.9 Å². The number of tetrazole rings is 2. The number of nitrogens with zero attached hydrogens (tertiary/aromatic N) is 8. The van der Waals surface area contributed by atoms with Crippen molar-refractivity contribution < 1.29 is 4.79 Å². The average Bonchev–Trinajstić information content (AvgIpc) is 3.17. The average molecular weight is 299 g/mol. The van der Waals surface area contributed by atoms with Crippen LogP contribution in [0.4, 0.5) is 5.95 Å². The fourth-order valence-corrected chi connectivity index (χ4v) is 1.75. The van der Waals surface area contributed by atoms with Crippen molar-refractivity contribution >= 4 is 11.9 Å². The van der Waals surface area contributed by atoms with Crippen molar-refractivity contribution in [3.8, 4) is 11.4 Å². The summed E-state index contributed by atoms with van der Waals surface area (Å²) in [7, 11) is 1.61. The van der Waals surface area contributed by atoms with Gasteiger partial charge in [0.15, 0.2) is 0 Å². The molecule has 10 heteroatoms. The van der Waals surface area contributed by atoms with E-state index in [1.165, 1.54) is 9.59 Å². The number of carbonyl (C=O) groups is 1. The summed E-state index contributed by atoms with van der Waals surface area (Å²) in [6.07, 6.45) is 0. The van der Waals surface area contributed by atoms with Gasteiger partial charge >= 0.3 is 0 Å². The Hall–Kier alpha value is -3.17. The number of amides is 1. The lowest BCUT2D eigenvalue weighted by Crippen LogP contribution is -2.26. The van der Waals surface area contributed by atoms with E-state index in [1.54, 1.807) is 14.0 Å². The monoisotopic (exact) mass is 299 g/mol. The Balaban J connectivity index is 1.73. The van der Waals surface area contributed by atoms with Crippen molar-refractivity contribution in [2.75, 3.05) is 5.32 Å². The van der Waals surface area contributed by atoms with Crippen LogP contribution in [-0.2, 0) is 11.8 Å². The number of anilines is 1. The number of carbonyl (C=O) groups excluding carboxylic acids is 1. The highest BCUT2D eigenvalue weighted by Crippen LogP contribution is 2.13. The van der Waals surface area contributed by atoms with Crippen molar-refractivity contribution in [3.05, 3.63) is 30.3 Å². The predicted octanol–water partition coefficient (Wildman–Crippen LogP) is 0.0633. The van der Waals surface area contributed by atoms with E-state index in [1.807, 2.05) is 30.3 Å². The Kier molecular flexibility index (Phi) is 3.56. The van der Waals surface area contributed by atoms with Crippen LogP contribution >= 0.6 is 0 Å². The summed E-state index contributed by atoms with van der Waals surface area (Å²) in [6, 6.07) is 8.75. The molecule has 0 fully saturated rings. The largest absolute Gasteiger partial charge is 0.290 e. The Bertz CT molecular complexity index is 779. The smallest absolute Gasteiger partial charge is 0.270 e. The van der Waals surface area contributed by atoms with Gasteiger partial charge in [-0.15, -0.1) is 15.3 Å². The summed E-state index contributed by atoms with van der Waals surface area (Å²) in [5.74, 6) is 0.227. The van der Waals surface area contributed by atoms with Crippen LogP contribution in [0.2, 0.25) is 0 Å². The fraction of sp³-hybridized carbons (Fsp3) is 0.250. The molecule has 0 saturated carbocycles. The second-order valence-electron chi connectivity index (χ2n) is 4.57. The van der Waals surface area contributed by atoms with Gasteiger partial charge in [0, 0.05) is 5.56 Å². The zero-order valence-electron chi connectivity index (χ0n) is 12.0. The molecule has 3 rings (SSSR count). The number of nitrogens with one attached hydrogen (secondary N) is 1. The third-order valence-electron chi connectivity index (χ3n) is 2.93. The first-order chi connectivity index (χ1) is 10.6. The first-order valence-corrected chi connectivity index (χ1v) is 6.53. The van der Waals surface area contributed by atoms with Crippen molar-refractivity contribution in [2.45, 2.75) is 13.0 Å². The second-order valence-corrected chi connectivity index (χ2v) is 4.57. The Morgan fingerprint density at radius 3 is 2.59 bits per heavy atom. The molecule has 0 aliphatic heterocycles. The molecule has 1 unspecified atom stereocenters. The predicted molar refractivity (Wildman–Crippen MR) is 75.4 cm³/mol. The van der Waals surface area contributed by atoms with Crippen LogP contribution in [0.15, 0.2) is 30.3 Å². The quantitative estimate of drug-likeness (QED) is 0.724. The molecule has 1 aromatic carbocycles. The van der Waals surface area contributed by atoms with Gasteiger partial charge < -0.3 is 0 Å². The number of hydrogen-bond donors (Lipinski definition) is 1. The molecular weight excluding hydrogens is 286 g/mol. The van der Waals surface area contributed by atoms with E-state index in [0.29, 0.717) is 5.82 Å². The first kappa shape index (κ1) is 13.8. The minimum atomic E-state index is -0.659. The highest BCUT2D eigenvalue weighted by molar-refractivity contribution is 5.91. The molecule has 1 N–H and O–H groups in total. The third kappa shape index (κ3) is 2.80. The van der Waals surface area contributed by atoms with Gasteiger partial charge in [-0.05, 0) is 17.4 Å². The Morgan fingerprint density at radius 2 is 1.91 bits per heavy atom. The fourth-order valence-electron chi connectivity index (χ4n) is 1.75. The lowest BCUT2D eigenvalue weighted by molar-refractivity contribution is -0.119. The number of benzene rings is 1.